The number of carbonyl (C=O) groups is 1. The Hall–Kier alpha value is -1.75. The molecule has 2 atom stereocenters. The van der Waals surface area contributed by atoms with E-state index in [9.17, 15) is 4.79 Å². The third kappa shape index (κ3) is 2.98. The van der Waals surface area contributed by atoms with E-state index in [1.54, 1.807) is 14.2 Å². The molecule has 1 aliphatic rings. The number of ether oxygens (including phenoxy) is 3. The first-order valence-electron chi connectivity index (χ1n) is 6.20. The minimum atomic E-state index is -0.363. The average Bonchev–Trinajstić information content (AvgIpc) is 2.79. The molecule has 5 nitrogen and oxygen atoms in total. The van der Waals surface area contributed by atoms with Crippen molar-refractivity contribution in [2.45, 2.75) is 18.9 Å². The van der Waals surface area contributed by atoms with Crippen LogP contribution >= 0.6 is 0 Å². The molecule has 0 saturated carbocycles. The molecule has 0 unspecified atom stereocenters. The normalized spacial score (nSPS) is 22.2. The van der Waals surface area contributed by atoms with Gasteiger partial charge in [0.25, 0.3) is 0 Å². The van der Waals surface area contributed by atoms with Crippen LogP contribution in [0.25, 0.3) is 0 Å². The summed E-state index contributed by atoms with van der Waals surface area (Å²) in [6.07, 6.45) is 0.775. The van der Waals surface area contributed by atoms with E-state index in [1.165, 1.54) is 0 Å². The van der Waals surface area contributed by atoms with Crippen LogP contribution in [0.3, 0.4) is 0 Å². The summed E-state index contributed by atoms with van der Waals surface area (Å²) in [5.74, 6) is 0.864. The van der Waals surface area contributed by atoms with Gasteiger partial charge >= 0.3 is 5.97 Å². The van der Waals surface area contributed by atoms with Crippen LogP contribution in [0, 0.1) is 5.92 Å². The fourth-order valence-electron chi connectivity index (χ4n) is 2.29. The number of methoxy groups -OCH3 is 2. The predicted molar refractivity (Wildman–Crippen MR) is 68.3 cm³/mol. The van der Waals surface area contributed by atoms with Crippen molar-refractivity contribution in [2.75, 3.05) is 20.8 Å². The minimum Gasteiger partial charge on any atom is -0.493 e. The molecule has 1 fully saturated rings. The van der Waals surface area contributed by atoms with Gasteiger partial charge in [-0.25, -0.2) is 0 Å². The standard InChI is InChI=1S/C14H18O5/c1-17-12-4-3-9(6-13(12)18-2)5-10-7-11(8-15)19-14(10)16/h3-4,6,10-11,15H,5,7-8H2,1-2H3/t10-,11+/m1/s1. The van der Waals surface area contributed by atoms with Gasteiger partial charge in [-0.1, -0.05) is 6.07 Å². The number of carbonyl (C=O) groups excluding carboxylic acids is 1. The number of rotatable bonds is 5. The third-order valence-corrected chi connectivity index (χ3v) is 3.30. The van der Waals surface area contributed by atoms with Crippen molar-refractivity contribution in [2.24, 2.45) is 5.92 Å². The molecule has 0 aromatic heterocycles. The zero-order valence-electron chi connectivity index (χ0n) is 11.1. The van der Waals surface area contributed by atoms with Gasteiger partial charge in [0.05, 0.1) is 26.7 Å². The highest BCUT2D eigenvalue weighted by molar-refractivity contribution is 5.75. The van der Waals surface area contributed by atoms with Crippen molar-refractivity contribution in [3.8, 4) is 11.5 Å². The molecule has 1 saturated heterocycles. The molecule has 0 amide bonds. The molecule has 1 N–H and O–H groups in total. The molecule has 0 aliphatic carbocycles. The van der Waals surface area contributed by atoms with Crippen molar-refractivity contribution in [3.63, 3.8) is 0 Å². The highest BCUT2D eigenvalue weighted by Gasteiger charge is 2.33. The molecule has 0 bridgehead atoms. The van der Waals surface area contributed by atoms with Crippen molar-refractivity contribution in [1.29, 1.82) is 0 Å². The summed E-state index contributed by atoms with van der Waals surface area (Å²) in [6, 6.07) is 5.58. The first-order chi connectivity index (χ1) is 9.17. The van der Waals surface area contributed by atoms with E-state index in [-0.39, 0.29) is 24.6 Å². The molecule has 19 heavy (non-hydrogen) atoms. The topological polar surface area (TPSA) is 65.0 Å². The molecule has 1 aliphatic heterocycles. The summed E-state index contributed by atoms with van der Waals surface area (Å²) < 4.78 is 15.4. The third-order valence-electron chi connectivity index (χ3n) is 3.30. The maximum Gasteiger partial charge on any atom is 0.309 e. The van der Waals surface area contributed by atoms with Gasteiger partial charge in [0.1, 0.15) is 6.10 Å². The Labute approximate surface area is 112 Å². The molecular formula is C14H18O5. The summed E-state index contributed by atoms with van der Waals surface area (Å²) in [7, 11) is 3.16. The molecule has 1 heterocycles. The molecule has 0 spiro atoms. The second kappa shape index (κ2) is 5.93. The highest BCUT2D eigenvalue weighted by Crippen LogP contribution is 2.30. The summed E-state index contributed by atoms with van der Waals surface area (Å²) in [5.41, 5.74) is 0.984. The Morgan fingerprint density at radius 2 is 2.05 bits per heavy atom. The molecule has 2 rings (SSSR count). The second-order valence-electron chi connectivity index (χ2n) is 4.57. The van der Waals surface area contributed by atoms with Crippen molar-refractivity contribution in [1.82, 2.24) is 0 Å². The molecule has 1 aromatic rings. The van der Waals surface area contributed by atoms with E-state index < -0.39 is 0 Å². The number of benzene rings is 1. The van der Waals surface area contributed by atoms with Crippen LogP contribution in [0.15, 0.2) is 18.2 Å². The Kier molecular flexibility index (Phi) is 4.27. The fourth-order valence-corrected chi connectivity index (χ4v) is 2.29. The van der Waals surface area contributed by atoms with E-state index in [0.29, 0.717) is 24.3 Å². The summed E-state index contributed by atoms with van der Waals surface area (Å²) in [6.45, 7) is -0.117. The smallest absolute Gasteiger partial charge is 0.309 e. The second-order valence-corrected chi connectivity index (χ2v) is 4.57. The van der Waals surface area contributed by atoms with Crippen LogP contribution in [-0.4, -0.2) is 38.0 Å². The lowest BCUT2D eigenvalue weighted by Gasteiger charge is -2.11. The lowest BCUT2D eigenvalue weighted by atomic mass is 9.96. The van der Waals surface area contributed by atoms with Crippen LogP contribution < -0.4 is 9.47 Å². The number of aliphatic hydroxyl groups is 1. The average molecular weight is 266 g/mol. The lowest BCUT2D eigenvalue weighted by Crippen LogP contribution is -2.11. The number of cyclic esters (lactones) is 1. The summed E-state index contributed by atoms with van der Waals surface area (Å²) in [4.78, 5) is 11.6. The van der Waals surface area contributed by atoms with Gasteiger partial charge in [0.2, 0.25) is 0 Å². The first kappa shape index (κ1) is 13.7. The maximum absolute atomic E-state index is 11.6. The SMILES string of the molecule is COc1ccc(C[C@@H]2C[C@@H](CO)OC2=O)cc1OC. The molecule has 5 heteroatoms. The van der Waals surface area contributed by atoms with Crippen molar-refractivity contribution in [3.05, 3.63) is 23.8 Å². The highest BCUT2D eigenvalue weighted by atomic mass is 16.6. The lowest BCUT2D eigenvalue weighted by molar-refractivity contribution is -0.145. The van der Waals surface area contributed by atoms with Crippen LogP contribution in [0.4, 0.5) is 0 Å². The van der Waals surface area contributed by atoms with Crippen LogP contribution in [0.2, 0.25) is 0 Å². The largest absolute Gasteiger partial charge is 0.493 e. The summed E-state index contributed by atoms with van der Waals surface area (Å²) >= 11 is 0. The molecular weight excluding hydrogens is 248 g/mol. The van der Waals surface area contributed by atoms with Gasteiger partial charge in [0, 0.05) is 6.42 Å². The van der Waals surface area contributed by atoms with Crippen LogP contribution in [0.1, 0.15) is 12.0 Å². The number of hydrogen-bond donors (Lipinski definition) is 1. The van der Waals surface area contributed by atoms with E-state index >= 15 is 0 Å². The van der Waals surface area contributed by atoms with E-state index in [2.05, 4.69) is 0 Å². The van der Waals surface area contributed by atoms with Crippen LogP contribution in [0.5, 0.6) is 11.5 Å². The number of hydrogen-bond acceptors (Lipinski definition) is 5. The Bertz CT molecular complexity index is 457. The van der Waals surface area contributed by atoms with E-state index in [4.69, 9.17) is 19.3 Å². The number of esters is 1. The van der Waals surface area contributed by atoms with Gasteiger partial charge in [0.15, 0.2) is 11.5 Å². The Morgan fingerprint density at radius 1 is 1.32 bits per heavy atom. The molecule has 104 valence electrons. The van der Waals surface area contributed by atoms with Gasteiger partial charge in [-0.3, -0.25) is 4.79 Å². The Morgan fingerprint density at radius 3 is 2.63 bits per heavy atom. The zero-order chi connectivity index (χ0) is 13.8. The first-order valence-corrected chi connectivity index (χ1v) is 6.20. The van der Waals surface area contributed by atoms with Crippen molar-refractivity contribution < 1.29 is 24.1 Å². The number of aliphatic hydroxyl groups excluding tert-OH is 1. The Balaban J connectivity index is 2.09. The molecule has 1 aromatic carbocycles. The minimum absolute atomic E-state index is 0.117. The maximum atomic E-state index is 11.6. The quantitative estimate of drug-likeness (QED) is 0.810. The van der Waals surface area contributed by atoms with E-state index in [1.807, 2.05) is 18.2 Å². The van der Waals surface area contributed by atoms with Gasteiger partial charge in [-0.2, -0.15) is 0 Å². The van der Waals surface area contributed by atoms with Gasteiger partial charge < -0.3 is 19.3 Å². The molecule has 0 radical (unpaired) electrons. The van der Waals surface area contributed by atoms with Crippen LogP contribution in [-0.2, 0) is 16.0 Å². The van der Waals surface area contributed by atoms with Crippen molar-refractivity contribution >= 4 is 5.97 Å². The summed E-state index contributed by atoms with van der Waals surface area (Å²) in [5, 5.41) is 9.00. The van der Waals surface area contributed by atoms with Gasteiger partial charge in [-0.05, 0) is 24.1 Å². The van der Waals surface area contributed by atoms with Gasteiger partial charge in [-0.15, -0.1) is 0 Å². The zero-order valence-corrected chi connectivity index (χ0v) is 11.1. The van der Waals surface area contributed by atoms with E-state index in [0.717, 1.165) is 5.56 Å². The monoisotopic (exact) mass is 266 g/mol. The predicted octanol–water partition coefficient (Wildman–Crippen LogP) is 1.17. The fraction of sp³-hybridized carbons (Fsp3) is 0.500.